The summed E-state index contributed by atoms with van der Waals surface area (Å²) in [4.78, 5) is 17.0. The Bertz CT molecular complexity index is 530. The van der Waals surface area contributed by atoms with Crippen molar-refractivity contribution in [2.75, 3.05) is 17.5 Å². The number of carbonyl (C=O) groups is 1. The molecular weight excluding hydrogens is 415 g/mol. The highest BCUT2D eigenvalue weighted by molar-refractivity contribution is 14.1. The molecule has 134 valence electrons. The number of benzene rings is 1. The molecule has 1 aliphatic heterocycles. The molecule has 0 N–H and O–H groups in total. The zero-order valence-electron chi connectivity index (χ0n) is 15.2. The van der Waals surface area contributed by atoms with Gasteiger partial charge < -0.3 is 9.64 Å². The van der Waals surface area contributed by atoms with Crippen LogP contribution in [0.1, 0.15) is 39.7 Å². The Morgan fingerprint density at radius 2 is 1.88 bits per heavy atom. The van der Waals surface area contributed by atoms with Gasteiger partial charge in [0.1, 0.15) is 5.60 Å². The predicted molar refractivity (Wildman–Crippen MR) is 107 cm³/mol. The average molecular weight is 444 g/mol. The average Bonchev–Trinajstić information content (AvgIpc) is 2.53. The normalized spacial score (nSPS) is 22.5. The van der Waals surface area contributed by atoms with Gasteiger partial charge in [0.15, 0.2) is 0 Å². The molecule has 1 aromatic rings. The first-order valence-electron chi connectivity index (χ1n) is 8.67. The molecule has 0 unspecified atom stereocenters. The summed E-state index contributed by atoms with van der Waals surface area (Å²) in [5.41, 5.74) is 0.879. The van der Waals surface area contributed by atoms with Crippen LogP contribution in [0.15, 0.2) is 30.3 Å². The van der Waals surface area contributed by atoms with E-state index in [1.807, 2.05) is 25.7 Å². The number of rotatable bonds is 4. The van der Waals surface area contributed by atoms with Crippen LogP contribution in [0.4, 0.5) is 4.79 Å². The monoisotopic (exact) mass is 444 g/mol. The van der Waals surface area contributed by atoms with Crippen molar-refractivity contribution in [3.05, 3.63) is 35.9 Å². The van der Waals surface area contributed by atoms with Crippen molar-refractivity contribution in [3.63, 3.8) is 0 Å². The standard InChI is InChI=1S/C19H29IN2O2/c1-5-16-13-21(12-15-9-7-6-8-10-15)17(11-20)14-22(16)18(23)24-19(2,3)4/h6-10,16-17H,5,11-14H2,1-4H3/t16-,17-/m1/s1. The first-order chi connectivity index (χ1) is 11.3. The van der Waals surface area contributed by atoms with E-state index in [0.29, 0.717) is 6.04 Å². The number of hydrogen-bond donors (Lipinski definition) is 0. The van der Waals surface area contributed by atoms with E-state index in [1.54, 1.807) is 0 Å². The molecule has 0 saturated carbocycles. The van der Waals surface area contributed by atoms with E-state index in [9.17, 15) is 4.79 Å². The largest absolute Gasteiger partial charge is 0.444 e. The quantitative estimate of drug-likeness (QED) is 0.512. The molecule has 1 aromatic carbocycles. The molecule has 2 rings (SSSR count). The van der Waals surface area contributed by atoms with Gasteiger partial charge in [-0.2, -0.15) is 0 Å². The number of halogens is 1. The molecule has 0 spiro atoms. The van der Waals surface area contributed by atoms with Crippen molar-refractivity contribution in [2.24, 2.45) is 0 Å². The van der Waals surface area contributed by atoms with Crippen LogP contribution in [0.5, 0.6) is 0 Å². The summed E-state index contributed by atoms with van der Waals surface area (Å²) in [5, 5.41) is 0. The fourth-order valence-electron chi connectivity index (χ4n) is 3.06. The summed E-state index contributed by atoms with van der Waals surface area (Å²) >= 11 is 2.43. The molecule has 0 aliphatic carbocycles. The number of nitrogens with zero attached hydrogens (tertiary/aromatic N) is 2. The van der Waals surface area contributed by atoms with Gasteiger partial charge in [-0.05, 0) is 32.8 Å². The third kappa shape index (κ3) is 5.34. The number of amides is 1. The molecule has 0 bridgehead atoms. The lowest BCUT2D eigenvalue weighted by atomic mass is 10.0. The van der Waals surface area contributed by atoms with Crippen LogP contribution in [0, 0.1) is 0 Å². The van der Waals surface area contributed by atoms with Gasteiger partial charge in [-0.3, -0.25) is 4.90 Å². The Morgan fingerprint density at radius 1 is 1.21 bits per heavy atom. The summed E-state index contributed by atoms with van der Waals surface area (Å²) in [7, 11) is 0. The van der Waals surface area contributed by atoms with Gasteiger partial charge in [0.25, 0.3) is 0 Å². The van der Waals surface area contributed by atoms with Crippen molar-refractivity contribution in [1.29, 1.82) is 0 Å². The number of ether oxygens (including phenoxy) is 1. The Balaban J connectivity index is 2.09. The minimum absolute atomic E-state index is 0.177. The van der Waals surface area contributed by atoms with Crippen LogP contribution in [0.25, 0.3) is 0 Å². The maximum atomic E-state index is 12.6. The van der Waals surface area contributed by atoms with Gasteiger partial charge in [-0.15, -0.1) is 0 Å². The Labute approximate surface area is 159 Å². The molecule has 5 heteroatoms. The molecule has 2 atom stereocenters. The van der Waals surface area contributed by atoms with Crippen molar-refractivity contribution in [2.45, 2.75) is 58.3 Å². The van der Waals surface area contributed by atoms with Crippen LogP contribution in [0.3, 0.4) is 0 Å². The smallest absolute Gasteiger partial charge is 0.410 e. The maximum Gasteiger partial charge on any atom is 0.410 e. The van der Waals surface area contributed by atoms with Crippen molar-refractivity contribution in [3.8, 4) is 0 Å². The molecule has 1 heterocycles. The summed E-state index contributed by atoms with van der Waals surface area (Å²) in [6.07, 6.45) is 0.766. The van der Waals surface area contributed by atoms with Gasteiger partial charge >= 0.3 is 6.09 Å². The zero-order chi connectivity index (χ0) is 17.7. The first-order valence-corrected chi connectivity index (χ1v) is 10.2. The summed E-state index contributed by atoms with van der Waals surface area (Å²) in [5.74, 6) is 0. The molecule has 4 nitrogen and oxygen atoms in total. The summed E-state index contributed by atoms with van der Waals surface area (Å²) in [6, 6.07) is 11.1. The van der Waals surface area contributed by atoms with Gasteiger partial charge in [-0.1, -0.05) is 59.8 Å². The Kier molecular flexibility index (Phi) is 6.92. The van der Waals surface area contributed by atoms with Crippen LogP contribution in [-0.4, -0.2) is 51.1 Å². The number of hydrogen-bond acceptors (Lipinski definition) is 3. The van der Waals surface area contributed by atoms with E-state index in [2.05, 4.69) is 64.7 Å². The molecule has 1 amide bonds. The van der Waals surface area contributed by atoms with Gasteiger partial charge in [0, 0.05) is 36.1 Å². The van der Waals surface area contributed by atoms with Gasteiger partial charge in [0.2, 0.25) is 0 Å². The third-order valence-electron chi connectivity index (χ3n) is 4.32. The van der Waals surface area contributed by atoms with E-state index >= 15 is 0 Å². The third-order valence-corrected chi connectivity index (χ3v) is 5.33. The number of carbonyl (C=O) groups excluding carboxylic acids is 1. The molecule has 1 aliphatic rings. The highest BCUT2D eigenvalue weighted by Gasteiger charge is 2.36. The second-order valence-corrected chi connectivity index (χ2v) is 8.30. The van der Waals surface area contributed by atoms with E-state index in [-0.39, 0.29) is 12.1 Å². The van der Waals surface area contributed by atoms with Crippen LogP contribution in [-0.2, 0) is 11.3 Å². The molecule has 24 heavy (non-hydrogen) atoms. The van der Waals surface area contributed by atoms with Crippen LogP contribution >= 0.6 is 22.6 Å². The van der Waals surface area contributed by atoms with Crippen molar-refractivity contribution >= 4 is 28.7 Å². The second kappa shape index (κ2) is 8.52. The summed E-state index contributed by atoms with van der Waals surface area (Å²) < 4.78 is 6.62. The minimum atomic E-state index is -0.448. The lowest BCUT2D eigenvalue weighted by molar-refractivity contribution is -0.0147. The second-order valence-electron chi connectivity index (χ2n) is 7.42. The Morgan fingerprint density at radius 3 is 2.42 bits per heavy atom. The minimum Gasteiger partial charge on any atom is -0.444 e. The first kappa shape index (κ1) is 19.5. The highest BCUT2D eigenvalue weighted by atomic mass is 127. The van der Waals surface area contributed by atoms with Crippen LogP contribution < -0.4 is 0 Å². The van der Waals surface area contributed by atoms with E-state index in [4.69, 9.17) is 4.74 Å². The number of piperazine rings is 1. The zero-order valence-corrected chi connectivity index (χ0v) is 17.3. The Hall–Kier alpha value is -0.820. The van der Waals surface area contributed by atoms with Gasteiger partial charge in [-0.25, -0.2) is 4.79 Å². The fraction of sp³-hybridized carbons (Fsp3) is 0.632. The predicted octanol–water partition coefficient (Wildman–Crippen LogP) is 4.32. The fourth-order valence-corrected chi connectivity index (χ4v) is 3.90. The van der Waals surface area contributed by atoms with Gasteiger partial charge in [0.05, 0.1) is 0 Å². The lowest BCUT2D eigenvalue weighted by Gasteiger charge is -2.46. The molecule has 1 saturated heterocycles. The van der Waals surface area contributed by atoms with Crippen LogP contribution in [0.2, 0.25) is 0 Å². The number of alkyl halides is 1. The molecule has 0 aromatic heterocycles. The molecular formula is C19H29IN2O2. The molecule has 1 fully saturated rings. The van der Waals surface area contributed by atoms with E-state index < -0.39 is 5.60 Å². The van der Waals surface area contributed by atoms with E-state index in [0.717, 1.165) is 30.5 Å². The van der Waals surface area contributed by atoms with E-state index in [1.165, 1.54) is 5.56 Å². The lowest BCUT2D eigenvalue weighted by Crippen LogP contribution is -2.60. The summed E-state index contributed by atoms with van der Waals surface area (Å²) in [6.45, 7) is 10.5. The topological polar surface area (TPSA) is 32.8 Å². The SMILES string of the molecule is CC[C@@H]1CN(Cc2ccccc2)[C@H](CI)CN1C(=O)OC(C)(C)C. The van der Waals surface area contributed by atoms with Crippen molar-refractivity contribution < 1.29 is 9.53 Å². The molecule has 0 radical (unpaired) electrons. The highest BCUT2D eigenvalue weighted by Crippen LogP contribution is 2.23. The van der Waals surface area contributed by atoms with Crippen molar-refractivity contribution in [1.82, 2.24) is 9.80 Å². The maximum absolute atomic E-state index is 12.6.